The van der Waals surface area contributed by atoms with Crippen molar-refractivity contribution >= 4 is 40.2 Å². The minimum atomic E-state index is -0.990. The molecule has 0 spiro atoms. The second kappa shape index (κ2) is 17.8. The standard InChI is InChI=1S/C42H46ClN5O7/c1-55-38-22-33(34(43)21-27(38)23-45-24-37(50)31-15-17-36(49)40-32(31)16-18-39(51)47-40)41(52)46-19-5-6-25-9-14-30(26-7-3-2-4-8-26)35(20-25)48(42(53)54)29-12-10-28(44)11-13-29/h2-4,7-9,14-18,20-22,28-29,37,45,49-50H,5-6,10-13,19,23-24,44H2,1H3,(H,46,52)(H,47,51)(H,53,54)/t28?,29?,37-/m1/s1. The van der Waals surface area contributed by atoms with Crippen molar-refractivity contribution < 1.29 is 29.6 Å². The van der Waals surface area contributed by atoms with Crippen molar-refractivity contribution in [3.63, 3.8) is 0 Å². The molecule has 6 rings (SSSR count). The van der Waals surface area contributed by atoms with E-state index in [9.17, 15) is 29.7 Å². The number of methoxy groups -OCH3 is 1. The summed E-state index contributed by atoms with van der Waals surface area (Å²) in [6.07, 6.45) is 2.23. The van der Waals surface area contributed by atoms with Crippen molar-refractivity contribution in [2.45, 2.75) is 63.3 Å². The van der Waals surface area contributed by atoms with Crippen LogP contribution in [0.4, 0.5) is 10.5 Å². The number of aromatic amines is 1. The number of carbonyl (C=O) groups is 2. The zero-order valence-corrected chi connectivity index (χ0v) is 31.3. The maximum atomic E-state index is 13.3. The van der Waals surface area contributed by atoms with Crippen molar-refractivity contribution in [1.82, 2.24) is 15.6 Å². The Kier molecular flexibility index (Phi) is 12.7. The molecule has 0 radical (unpaired) electrons. The van der Waals surface area contributed by atoms with Crippen LogP contribution in [0, 0.1) is 0 Å². The van der Waals surface area contributed by atoms with E-state index in [1.807, 2.05) is 48.5 Å². The number of benzene rings is 4. The number of ether oxygens (including phenoxy) is 1. The van der Waals surface area contributed by atoms with Gasteiger partial charge in [0.1, 0.15) is 11.5 Å². The van der Waals surface area contributed by atoms with Gasteiger partial charge in [0.2, 0.25) is 5.56 Å². The number of pyridine rings is 1. The van der Waals surface area contributed by atoms with Crippen LogP contribution in [0.5, 0.6) is 11.5 Å². The number of aromatic nitrogens is 1. The highest BCUT2D eigenvalue weighted by atomic mass is 35.5. The second-order valence-electron chi connectivity index (χ2n) is 13.9. The van der Waals surface area contributed by atoms with Crippen molar-refractivity contribution in [3.05, 3.63) is 123 Å². The normalized spacial score (nSPS) is 16.1. The number of hydrogen-bond acceptors (Lipinski definition) is 8. The van der Waals surface area contributed by atoms with E-state index in [0.29, 0.717) is 60.2 Å². The molecule has 0 unspecified atom stereocenters. The lowest BCUT2D eigenvalue weighted by Crippen LogP contribution is -2.44. The molecule has 0 saturated heterocycles. The van der Waals surface area contributed by atoms with Crippen molar-refractivity contribution in [2.75, 3.05) is 25.1 Å². The summed E-state index contributed by atoms with van der Waals surface area (Å²) in [4.78, 5) is 41.9. The number of carboxylic acid groups (broad SMARTS) is 1. The number of phenolic OH excluding ortho intramolecular Hbond substituents is 1. The zero-order valence-electron chi connectivity index (χ0n) is 30.6. The molecule has 8 N–H and O–H groups in total. The van der Waals surface area contributed by atoms with Crippen molar-refractivity contribution in [2.24, 2.45) is 5.73 Å². The molecular formula is C42H46ClN5O7. The van der Waals surface area contributed by atoms with Crippen LogP contribution in [0.15, 0.2) is 89.7 Å². The first-order valence-corrected chi connectivity index (χ1v) is 18.8. The largest absolute Gasteiger partial charge is 0.506 e. The molecule has 2 amide bonds. The number of aliphatic hydroxyl groups excluding tert-OH is 1. The number of nitrogens with two attached hydrogens (primary N) is 1. The lowest BCUT2D eigenvalue weighted by atomic mass is 9.89. The van der Waals surface area contributed by atoms with Crippen LogP contribution in [0.3, 0.4) is 0 Å². The second-order valence-corrected chi connectivity index (χ2v) is 14.3. The summed E-state index contributed by atoms with van der Waals surface area (Å²) in [6.45, 7) is 0.771. The number of nitrogens with zero attached hydrogens (tertiary/aromatic N) is 1. The van der Waals surface area contributed by atoms with Crippen LogP contribution in [0.1, 0.15) is 65.3 Å². The lowest BCUT2D eigenvalue weighted by Gasteiger charge is -2.35. The molecule has 12 nitrogen and oxygen atoms in total. The number of hydrogen-bond donors (Lipinski definition) is 7. The van der Waals surface area contributed by atoms with Crippen LogP contribution >= 0.6 is 11.6 Å². The van der Waals surface area contributed by atoms with Gasteiger partial charge in [-0.25, -0.2) is 4.79 Å². The van der Waals surface area contributed by atoms with Gasteiger partial charge in [-0.15, -0.1) is 0 Å². The molecule has 5 aromatic rings. The van der Waals surface area contributed by atoms with Gasteiger partial charge >= 0.3 is 6.09 Å². The van der Waals surface area contributed by atoms with E-state index in [2.05, 4.69) is 15.6 Å². The van der Waals surface area contributed by atoms with Gasteiger partial charge in [0.05, 0.1) is 35.0 Å². The molecular weight excluding hydrogens is 722 g/mol. The monoisotopic (exact) mass is 767 g/mol. The number of anilines is 1. The third kappa shape index (κ3) is 9.29. The Hall–Kier alpha value is -5.40. The molecule has 1 fully saturated rings. The number of aromatic hydroxyl groups is 1. The third-order valence-electron chi connectivity index (χ3n) is 10.2. The SMILES string of the molecule is COc1cc(C(=O)NCCCc2ccc(-c3ccccc3)c(N(C(=O)O)C3CCC(N)CC3)c2)c(Cl)cc1CNC[C@@H](O)c1ccc(O)c2[nH]c(=O)ccc12. The van der Waals surface area contributed by atoms with Gasteiger partial charge in [-0.2, -0.15) is 0 Å². The van der Waals surface area contributed by atoms with Crippen LogP contribution in [-0.4, -0.2) is 64.6 Å². The Bertz CT molecular complexity index is 2200. The molecule has 55 heavy (non-hydrogen) atoms. The van der Waals surface area contributed by atoms with E-state index in [1.54, 1.807) is 24.3 Å². The van der Waals surface area contributed by atoms with Gasteiger partial charge < -0.3 is 41.4 Å². The average molecular weight is 768 g/mol. The van der Waals surface area contributed by atoms with Gasteiger partial charge in [0, 0.05) is 54.3 Å². The number of aliphatic hydroxyl groups is 1. The number of amides is 2. The van der Waals surface area contributed by atoms with Crippen molar-refractivity contribution in [3.8, 4) is 22.6 Å². The fourth-order valence-electron chi connectivity index (χ4n) is 7.30. The minimum absolute atomic E-state index is 0.0896. The summed E-state index contributed by atoms with van der Waals surface area (Å²) < 4.78 is 5.58. The van der Waals surface area contributed by atoms with Gasteiger partial charge in [-0.3, -0.25) is 14.5 Å². The highest BCUT2D eigenvalue weighted by molar-refractivity contribution is 6.34. The first-order chi connectivity index (χ1) is 26.5. The molecule has 1 atom stereocenters. The van der Waals surface area contributed by atoms with E-state index in [0.717, 1.165) is 29.5 Å². The molecule has 4 aromatic carbocycles. The molecule has 288 valence electrons. The maximum Gasteiger partial charge on any atom is 0.412 e. The Morgan fingerprint density at radius 2 is 1.78 bits per heavy atom. The number of aryl methyl sites for hydroxylation is 1. The molecule has 0 aliphatic heterocycles. The van der Waals surface area contributed by atoms with Gasteiger partial charge in [0.25, 0.3) is 5.91 Å². The minimum Gasteiger partial charge on any atom is -0.506 e. The molecule has 1 aromatic heterocycles. The first-order valence-electron chi connectivity index (χ1n) is 18.4. The maximum absolute atomic E-state index is 13.3. The fraction of sp³-hybridized carbons (Fsp3) is 0.310. The molecule has 1 aliphatic rings. The van der Waals surface area contributed by atoms with Crippen LogP contribution in [0.25, 0.3) is 22.0 Å². The number of fused-ring (bicyclic) bond motifs is 1. The molecule has 0 bridgehead atoms. The van der Waals surface area contributed by atoms with E-state index in [1.165, 1.54) is 24.1 Å². The van der Waals surface area contributed by atoms with E-state index in [-0.39, 0.29) is 58.5 Å². The zero-order chi connectivity index (χ0) is 39.1. The smallest absolute Gasteiger partial charge is 0.412 e. The topological polar surface area (TPSA) is 190 Å². The molecule has 1 saturated carbocycles. The predicted molar refractivity (Wildman–Crippen MR) is 214 cm³/mol. The first kappa shape index (κ1) is 39.3. The van der Waals surface area contributed by atoms with Crippen molar-refractivity contribution in [1.29, 1.82) is 0 Å². The number of carbonyl (C=O) groups excluding carboxylic acids is 1. The molecule has 1 heterocycles. The van der Waals surface area contributed by atoms with E-state index in [4.69, 9.17) is 22.1 Å². The number of halogens is 1. The van der Waals surface area contributed by atoms with Crippen LogP contribution < -0.4 is 31.6 Å². The summed E-state index contributed by atoms with van der Waals surface area (Å²) in [5.41, 5.74) is 10.9. The average Bonchev–Trinajstić information content (AvgIpc) is 3.18. The number of rotatable bonds is 14. The summed E-state index contributed by atoms with van der Waals surface area (Å²) in [6, 6.07) is 24.8. The predicted octanol–water partition coefficient (Wildman–Crippen LogP) is 6.50. The summed E-state index contributed by atoms with van der Waals surface area (Å²) in [5, 5.41) is 38.4. The van der Waals surface area contributed by atoms with Crippen LogP contribution in [-0.2, 0) is 13.0 Å². The molecule has 1 aliphatic carbocycles. The fourth-order valence-corrected chi connectivity index (χ4v) is 7.57. The number of H-pyrrole nitrogens is 1. The van der Waals surface area contributed by atoms with E-state index >= 15 is 0 Å². The van der Waals surface area contributed by atoms with Gasteiger partial charge in [-0.05, 0) is 85.5 Å². The summed E-state index contributed by atoms with van der Waals surface area (Å²) >= 11 is 6.60. The Morgan fingerprint density at radius 1 is 1.02 bits per heavy atom. The van der Waals surface area contributed by atoms with Crippen LogP contribution in [0.2, 0.25) is 5.02 Å². The summed E-state index contributed by atoms with van der Waals surface area (Å²) in [5.74, 6) is -0.00509. The Balaban J connectivity index is 1.08. The molecule has 13 heteroatoms. The highest BCUT2D eigenvalue weighted by Gasteiger charge is 2.31. The van der Waals surface area contributed by atoms with Gasteiger partial charge in [0.15, 0.2) is 0 Å². The Morgan fingerprint density at radius 3 is 2.51 bits per heavy atom. The highest BCUT2D eigenvalue weighted by Crippen LogP contribution is 2.37. The summed E-state index contributed by atoms with van der Waals surface area (Å²) in [7, 11) is 1.50. The van der Waals surface area contributed by atoms with E-state index < -0.39 is 12.2 Å². The third-order valence-corrected chi connectivity index (χ3v) is 10.5. The quantitative estimate of drug-likeness (QED) is 0.0619. The van der Waals surface area contributed by atoms with Gasteiger partial charge in [-0.1, -0.05) is 60.1 Å². The number of phenols is 1. The number of nitrogens with one attached hydrogen (secondary N) is 3. The Labute approximate surface area is 323 Å². The lowest BCUT2D eigenvalue weighted by molar-refractivity contribution is 0.0953.